The van der Waals surface area contributed by atoms with Crippen molar-refractivity contribution in [3.8, 4) is 5.75 Å². The molecule has 0 spiro atoms. The van der Waals surface area contributed by atoms with Gasteiger partial charge in [-0.1, -0.05) is 47.5 Å². The van der Waals surface area contributed by atoms with Crippen molar-refractivity contribution < 1.29 is 13.9 Å². The quantitative estimate of drug-likeness (QED) is 0.260. The first-order valence-electron chi connectivity index (χ1n) is 11.0. The summed E-state index contributed by atoms with van der Waals surface area (Å²) in [6.07, 6.45) is 2.57. The van der Waals surface area contributed by atoms with Gasteiger partial charge in [-0.2, -0.15) is 0 Å². The van der Waals surface area contributed by atoms with Crippen LogP contribution in [0.3, 0.4) is 0 Å². The zero-order valence-electron chi connectivity index (χ0n) is 18.4. The van der Waals surface area contributed by atoms with Crippen molar-refractivity contribution in [1.82, 2.24) is 10.3 Å². The Hall–Kier alpha value is -3.74. The summed E-state index contributed by atoms with van der Waals surface area (Å²) < 4.78 is 11.2. The average Bonchev–Trinajstić information content (AvgIpc) is 3.27. The molecule has 176 valence electrons. The fourth-order valence-corrected chi connectivity index (χ4v) is 4.20. The van der Waals surface area contributed by atoms with Gasteiger partial charge in [0, 0.05) is 35.1 Å². The minimum absolute atomic E-state index is 0.0408. The maximum atomic E-state index is 12.7. The summed E-state index contributed by atoms with van der Waals surface area (Å²) in [6.45, 7) is 0.656. The molecular formula is C27H20Cl2N2O4. The molecule has 5 aromatic rings. The van der Waals surface area contributed by atoms with Crippen LogP contribution in [0.25, 0.3) is 21.9 Å². The summed E-state index contributed by atoms with van der Waals surface area (Å²) in [5.74, 6) is 0.0445. The van der Waals surface area contributed by atoms with Crippen LogP contribution in [-0.2, 0) is 13.0 Å². The number of H-pyrrole nitrogens is 1. The van der Waals surface area contributed by atoms with Crippen molar-refractivity contribution >= 4 is 51.0 Å². The molecule has 0 aliphatic heterocycles. The highest BCUT2D eigenvalue weighted by Gasteiger charge is 2.14. The lowest BCUT2D eigenvalue weighted by molar-refractivity contribution is 0.0950. The number of nitrogens with one attached hydrogen (secondary N) is 2. The smallest absolute Gasteiger partial charge is 0.349 e. The van der Waals surface area contributed by atoms with Crippen LogP contribution in [0.2, 0.25) is 10.0 Å². The third-order valence-electron chi connectivity index (χ3n) is 5.70. The number of carbonyl (C=O) groups excluding carboxylic acids is 1. The van der Waals surface area contributed by atoms with Gasteiger partial charge in [0.25, 0.3) is 5.91 Å². The van der Waals surface area contributed by atoms with Gasteiger partial charge in [0.15, 0.2) is 0 Å². The Balaban J connectivity index is 1.25. The monoisotopic (exact) mass is 506 g/mol. The number of hydrogen-bond donors (Lipinski definition) is 2. The molecule has 0 saturated heterocycles. The first kappa shape index (κ1) is 23.0. The molecule has 0 fully saturated rings. The second-order valence-corrected chi connectivity index (χ2v) is 8.86. The standard InChI is InChI=1S/C27H20Cl2N2O4/c28-22-8-5-16(11-23(22)29)15-34-19-7-6-17-12-21(27(33)35-25(17)13-19)26(32)30-10-9-18-14-31-24-4-2-1-3-20(18)24/h1-8,11-14,31H,9-10,15H2,(H,30,32). The number of benzene rings is 3. The van der Waals surface area contributed by atoms with Gasteiger partial charge >= 0.3 is 5.63 Å². The zero-order chi connectivity index (χ0) is 24.4. The molecule has 1 amide bonds. The Kier molecular flexibility index (Phi) is 6.49. The third-order valence-corrected chi connectivity index (χ3v) is 6.44. The molecule has 0 bridgehead atoms. The normalized spacial score (nSPS) is 11.1. The number of aromatic amines is 1. The van der Waals surface area contributed by atoms with Crippen LogP contribution in [-0.4, -0.2) is 17.4 Å². The van der Waals surface area contributed by atoms with Crippen molar-refractivity contribution in [2.45, 2.75) is 13.0 Å². The molecule has 0 radical (unpaired) electrons. The van der Waals surface area contributed by atoms with Gasteiger partial charge in [-0.05, 0) is 53.9 Å². The van der Waals surface area contributed by atoms with E-state index in [0.29, 0.717) is 39.7 Å². The molecule has 2 aromatic heterocycles. The molecule has 3 aromatic carbocycles. The first-order chi connectivity index (χ1) is 17.0. The lowest BCUT2D eigenvalue weighted by Crippen LogP contribution is -2.29. The van der Waals surface area contributed by atoms with E-state index in [1.165, 1.54) is 6.07 Å². The van der Waals surface area contributed by atoms with Gasteiger partial charge in [-0.15, -0.1) is 0 Å². The predicted molar refractivity (Wildman–Crippen MR) is 138 cm³/mol. The molecule has 2 N–H and O–H groups in total. The predicted octanol–water partition coefficient (Wildman–Crippen LogP) is 6.13. The SMILES string of the molecule is O=C(NCCc1c[nH]c2ccccc12)c1cc2ccc(OCc3ccc(Cl)c(Cl)c3)cc2oc1=O. The van der Waals surface area contributed by atoms with E-state index < -0.39 is 11.5 Å². The molecule has 0 saturated carbocycles. The highest BCUT2D eigenvalue weighted by molar-refractivity contribution is 6.42. The lowest BCUT2D eigenvalue weighted by atomic mass is 10.1. The maximum Gasteiger partial charge on any atom is 0.349 e. The van der Waals surface area contributed by atoms with Crippen LogP contribution >= 0.6 is 23.2 Å². The fourth-order valence-electron chi connectivity index (χ4n) is 3.88. The maximum absolute atomic E-state index is 12.7. The summed E-state index contributed by atoms with van der Waals surface area (Å²) in [5.41, 5.74) is 2.58. The minimum atomic E-state index is -0.705. The van der Waals surface area contributed by atoms with E-state index in [4.69, 9.17) is 32.4 Å². The molecule has 0 aliphatic rings. The highest BCUT2D eigenvalue weighted by Crippen LogP contribution is 2.25. The van der Waals surface area contributed by atoms with E-state index in [-0.39, 0.29) is 12.2 Å². The van der Waals surface area contributed by atoms with E-state index in [2.05, 4.69) is 10.3 Å². The fraction of sp³-hybridized carbons (Fsp3) is 0.111. The van der Waals surface area contributed by atoms with Gasteiger partial charge in [0.1, 0.15) is 23.5 Å². The van der Waals surface area contributed by atoms with Crippen molar-refractivity contribution in [2.24, 2.45) is 0 Å². The lowest BCUT2D eigenvalue weighted by Gasteiger charge is -2.09. The number of amides is 1. The molecule has 6 nitrogen and oxygen atoms in total. The van der Waals surface area contributed by atoms with E-state index in [0.717, 1.165) is 22.0 Å². The van der Waals surface area contributed by atoms with E-state index in [1.54, 1.807) is 30.3 Å². The molecule has 8 heteroatoms. The van der Waals surface area contributed by atoms with Gasteiger partial charge in [-0.3, -0.25) is 4.79 Å². The Morgan fingerprint density at radius 2 is 1.86 bits per heavy atom. The second-order valence-electron chi connectivity index (χ2n) is 8.05. The van der Waals surface area contributed by atoms with Crippen molar-refractivity contribution in [3.05, 3.63) is 110 Å². The molecule has 2 heterocycles. The van der Waals surface area contributed by atoms with E-state index in [1.807, 2.05) is 36.5 Å². The summed E-state index contributed by atoms with van der Waals surface area (Å²) in [7, 11) is 0. The minimum Gasteiger partial charge on any atom is -0.489 e. The van der Waals surface area contributed by atoms with Crippen molar-refractivity contribution in [2.75, 3.05) is 6.54 Å². The number of aromatic nitrogens is 1. The average molecular weight is 507 g/mol. The van der Waals surface area contributed by atoms with Crippen LogP contribution in [0.5, 0.6) is 5.75 Å². The Bertz CT molecular complexity index is 1610. The number of rotatable bonds is 7. The first-order valence-corrected chi connectivity index (χ1v) is 11.7. The Morgan fingerprint density at radius 1 is 1.00 bits per heavy atom. The number of para-hydroxylation sites is 1. The third kappa shape index (κ3) is 5.04. The summed E-state index contributed by atoms with van der Waals surface area (Å²) in [5, 5.41) is 5.46. The molecule has 0 aliphatic carbocycles. The van der Waals surface area contributed by atoms with Gasteiger partial charge in [0.05, 0.1) is 10.0 Å². The van der Waals surface area contributed by atoms with Crippen LogP contribution in [0.15, 0.2) is 82.1 Å². The summed E-state index contributed by atoms with van der Waals surface area (Å²) >= 11 is 12.0. The van der Waals surface area contributed by atoms with Crippen LogP contribution in [0, 0.1) is 0 Å². The summed E-state index contributed by atoms with van der Waals surface area (Å²) in [4.78, 5) is 28.4. The number of carbonyl (C=O) groups is 1. The molecular weight excluding hydrogens is 487 g/mol. The Labute approximate surface area is 210 Å². The molecule has 35 heavy (non-hydrogen) atoms. The molecule has 5 rings (SSSR count). The van der Waals surface area contributed by atoms with Crippen LogP contribution in [0.4, 0.5) is 0 Å². The highest BCUT2D eigenvalue weighted by atomic mass is 35.5. The molecule has 0 atom stereocenters. The second kappa shape index (κ2) is 9.86. The van der Waals surface area contributed by atoms with Crippen LogP contribution in [0.1, 0.15) is 21.5 Å². The number of hydrogen-bond acceptors (Lipinski definition) is 4. The topological polar surface area (TPSA) is 84.3 Å². The van der Waals surface area contributed by atoms with Gasteiger partial charge < -0.3 is 19.5 Å². The van der Waals surface area contributed by atoms with Crippen LogP contribution < -0.4 is 15.7 Å². The van der Waals surface area contributed by atoms with Crippen molar-refractivity contribution in [3.63, 3.8) is 0 Å². The zero-order valence-corrected chi connectivity index (χ0v) is 20.0. The number of halogens is 2. The Morgan fingerprint density at radius 3 is 2.71 bits per heavy atom. The molecule has 0 unspecified atom stereocenters. The van der Waals surface area contributed by atoms with Gasteiger partial charge in [0.2, 0.25) is 0 Å². The van der Waals surface area contributed by atoms with Gasteiger partial charge in [-0.25, -0.2) is 4.79 Å². The van der Waals surface area contributed by atoms with E-state index >= 15 is 0 Å². The van der Waals surface area contributed by atoms with Crippen molar-refractivity contribution in [1.29, 1.82) is 0 Å². The summed E-state index contributed by atoms with van der Waals surface area (Å²) in [6, 6.07) is 19.9. The largest absolute Gasteiger partial charge is 0.489 e. The number of fused-ring (bicyclic) bond motifs is 2. The number of ether oxygens (including phenoxy) is 1. The van der Waals surface area contributed by atoms with E-state index in [9.17, 15) is 9.59 Å².